The number of nitrogens with zero attached hydrogens (tertiary/aromatic N) is 5. The van der Waals surface area contributed by atoms with Crippen molar-refractivity contribution in [3.63, 3.8) is 0 Å². The average molecular weight is 618 g/mol. The highest BCUT2D eigenvalue weighted by Gasteiger charge is 2.34. The van der Waals surface area contributed by atoms with Crippen LogP contribution in [0, 0.1) is 24.1 Å². The Morgan fingerprint density at radius 3 is 2.44 bits per heavy atom. The number of nitriles is 1. The molecule has 43 heavy (non-hydrogen) atoms. The summed E-state index contributed by atoms with van der Waals surface area (Å²) in [6.07, 6.45) is 1.77. The van der Waals surface area contributed by atoms with E-state index in [1.165, 1.54) is 23.9 Å². The third-order valence-corrected chi connectivity index (χ3v) is 9.24. The molecule has 0 atom stereocenters. The standard InChI is InChI=1S/C31H28FN5O4S2/c1-3-36-28(35-12-10-34(11-13-35)22-7-5-21(32)6-8-22)23(19(2)24(16-33)29(36)38)15-27-30(39)37(31(42)43-27)17-20-4-9-25-26(14-20)41-18-40-25/h4-9,14-15H,3,10-13,17-18H2,1-2H3/b27-15+. The normalized spacial score (nSPS) is 17.3. The Balaban J connectivity index is 1.33. The first kappa shape index (κ1) is 28.8. The zero-order chi connectivity index (χ0) is 30.2. The number of halogens is 1. The highest BCUT2D eigenvalue weighted by molar-refractivity contribution is 8.26. The number of thioether (sulfide) groups is 1. The van der Waals surface area contributed by atoms with Crippen LogP contribution in [0.15, 0.2) is 52.2 Å². The quantitative estimate of drug-likeness (QED) is 0.290. The summed E-state index contributed by atoms with van der Waals surface area (Å²) >= 11 is 6.81. The number of hydrogen-bond donors (Lipinski definition) is 0. The maximum absolute atomic E-state index is 13.7. The van der Waals surface area contributed by atoms with Gasteiger partial charge in [-0.05, 0) is 67.4 Å². The van der Waals surface area contributed by atoms with Crippen LogP contribution in [0.25, 0.3) is 6.08 Å². The molecule has 2 fully saturated rings. The number of amides is 1. The van der Waals surface area contributed by atoms with E-state index in [0.717, 1.165) is 11.3 Å². The molecule has 1 aromatic heterocycles. The summed E-state index contributed by atoms with van der Waals surface area (Å²) in [5.74, 6) is 1.43. The summed E-state index contributed by atoms with van der Waals surface area (Å²) in [5, 5.41) is 9.90. The van der Waals surface area contributed by atoms with Crippen LogP contribution >= 0.6 is 24.0 Å². The lowest BCUT2D eigenvalue weighted by molar-refractivity contribution is -0.122. The molecule has 4 heterocycles. The molecule has 2 aromatic carbocycles. The van der Waals surface area contributed by atoms with E-state index < -0.39 is 0 Å². The molecule has 0 radical (unpaired) electrons. The van der Waals surface area contributed by atoms with Crippen LogP contribution in [0.5, 0.6) is 11.5 Å². The maximum Gasteiger partial charge on any atom is 0.270 e. The van der Waals surface area contributed by atoms with Crippen molar-refractivity contribution in [1.82, 2.24) is 9.47 Å². The van der Waals surface area contributed by atoms with E-state index >= 15 is 0 Å². The van der Waals surface area contributed by atoms with Crippen molar-refractivity contribution in [2.75, 3.05) is 42.8 Å². The number of piperazine rings is 1. The van der Waals surface area contributed by atoms with Gasteiger partial charge in [-0.3, -0.25) is 19.1 Å². The highest BCUT2D eigenvalue weighted by Crippen LogP contribution is 2.38. The average Bonchev–Trinajstić information content (AvgIpc) is 3.58. The van der Waals surface area contributed by atoms with Gasteiger partial charge in [0.05, 0.1) is 11.4 Å². The molecular weight excluding hydrogens is 590 g/mol. The summed E-state index contributed by atoms with van der Waals surface area (Å²) in [4.78, 5) is 33.3. The van der Waals surface area contributed by atoms with E-state index in [-0.39, 0.29) is 36.2 Å². The van der Waals surface area contributed by atoms with E-state index in [9.17, 15) is 19.2 Å². The molecule has 1 amide bonds. The van der Waals surface area contributed by atoms with Crippen LogP contribution in [0.1, 0.15) is 29.2 Å². The highest BCUT2D eigenvalue weighted by atomic mass is 32.2. The number of fused-ring (bicyclic) bond motifs is 1. The number of aromatic nitrogens is 1. The molecule has 3 aromatic rings. The second kappa shape index (κ2) is 11.7. The van der Waals surface area contributed by atoms with Gasteiger partial charge >= 0.3 is 0 Å². The summed E-state index contributed by atoms with van der Waals surface area (Å²) in [6.45, 7) is 6.89. The number of carbonyl (C=O) groups excluding carboxylic acids is 1. The van der Waals surface area contributed by atoms with Gasteiger partial charge < -0.3 is 19.3 Å². The Hall–Kier alpha value is -4.34. The van der Waals surface area contributed by atoms with Gasteiger partial charge in [0.15, 0.2) is 11.5 Å². The van der Waals surface area contributed by atoms with Crippen molar-refractivity contribution in [2.24, 2.45) is 0 Å². The first-order valence-corrected chi connectivity index (χ1v) is 15.1. The number of pyridine rings is 1. The third-order valence-electron chi connectivity index (χ3n) is 7.86. The lowest BCUT2D eigenvalue weighted by Gasteiger charge is -2.39. The first-order chi connectivity index (χ1) is 20.8. The van der Waals surface area contributed by atoms with E-state index in [4.69, 9.17) is 21.7 Å². The van der Waals surface area contributed by atoms with E-state index in [2.05, 4.69) is 15.9 Å². The number of carbonyl (C=O) groups is 1. The van der Waals surface area contributed by atoms with Crippen LogP contribution < -0.4 is 24.8 Å². The minimum atomic E-state index is -0.356. The number of anilines is 2. The fraction of sp³-hybridized carbons (Fsp3) is 0.290. The van der Waals surface area contributed by atoms with Crippen molar-refractivity contribution in [3.8, 4) is 17.6 Å². The molecule has 0 unspecified atom stereocenters. The number of hydrogen-bond acceptors (Lipinski definition) is 9. The zero-order valence-electron chi connectivity index (χ0n) is 23.6. The molecule has 0 aliphatic carbocycles. The molecule has 12 heteroatoms. The number of benzene rings is 2. The van der Waals surface area contributed by atoms with Gasteiger partial charge in [-0.25, -0.2) is 4.39 Å². The predicted octanol–water partition coefficient (Wildman–Crippen LogP) is 4.64. The lowest BCUT2D eigenvalue weighted by atomic mass is 10.0. The Morgan fingerprint density at radius 2 is 1.74 bits per heavy atom. The molecule has 3 aliphatic heterocycles. The van der Waals surface area contributed by atoms with Crippen LogP contribution in [0.4, 0.5) is 15.9 Å². The van der Waals surface area contributed by atoms with Gasteiger partial charge in [0.1, 0.15) is 27.6 Å². The third kappa shape index (κ3) is 5.34. The zero-order valence-corrected chi connectivity index (χ0v) is 25.3. The molecule has 3 aliphatic rings. The number of thiocarbonyl (C=S) groups is 1. The molecule has 0 spiro atoms. The molecule has 0 bridgehead atoms. The SMILES string of the molecule is CCn1c(N2CCN(c3ccc(F)cc3)CC2)c(/C=C2/SC(=S)N(Cc3ccc4c(c3)OCO4)C2=O)c(C)c(C#N)c1=O. The fourth-order valence-corrected chi connectivity index (χ4v) is 6.83. The fourth-order valence-electron chi connectivity index (χ4n) is 5.60. The summed E-state index contributed by atoms with van der Waals surface area (Å²) in [6, 6.07) is 14.0. The van der Waals surface area contributed by atoms with Crippen LogP contribution in [0.3, 0.4) is 0 Å². The Labute approximate surface area is 257 Å². The second-order valence-corrected chi connectivity index (χ2v) is 12.0. The minimum Gasteiger partial charge on any atom is -0.454 e. The van der Waals surface area contributed by atoms with E-state index in [1.807, 2.05) is 25.1 Å². The van der Waals surface area contributed by atoms with Gasteiger partial charge in [0.25, 0.3) is 11.5 Å². The van der Waals surface area contributed by atoms with Crippen molar-refractivity contribution >= 4 is 51.8 Å². The van der Waals surface area contributed by atoms with Crippen molar-refractivity contribution in [1.29, 1.82) is 5.26 Å². The number of ether oxygens (including phenoxy) is 2. The van der Waals surface area contributed by atoms with Gasteiger partial charge in [-0.2, -0.15) is 5.26 Å². The van der Waals surface area contributed by atoms with Crippen LogP contribution in [0.2, 0.25) is 0 Å². The molecule has 6 rings (SSSR count). The van der Waals surface area contributed by atoms with E-state index in [1.54, 1.807) is 34.6 Å². The topological polar surface area (TPSA) is 91.0 Å². The van der Waals surface area contributed by atoms with Crippen molar-refractivity contribution in [2.45, 2.75) is 26.9 Å². The Morgan fingerprint density at radius 1 is 1.05 bits per heavy atom. The predicted molar refractivity (Wildman–Crippen MR) is 168 cm³/mol. The van der Waals surface area contributed by atoms with Crippen molar-refractivity contribution < 1.29 is 18.7 Å². The molecular formula is C31H28FN5O4S2. The Bertz CT molecular complexity index is 1760. The molecule has 0 N–H and O–H groups in total. The lowest BCUT2D eigenvalue weighted by Crippen LogP contribution is -2.48. The van der Waals surface area contributed by atoms with Gasteiger partial charge in [0, 0.05) is 44.0 Å². The summed E-state index contributed by atoms with van der Waals surface area (Å²) in [7, 11) is 0. The molecule has 0 saturated carbocycles. The van der Waals surface area contributed by atoms with E-state index in [0.29, 0.717) is 70.4 Å². The largest absolute Gasteiger partial charge is 0.454 e. The summed E-state index contributed by atoms with van der Waals surface area (Å²) in [5.41, 5.74) is 2.65. The van der Waals surface area contributed by atoms with Crippen LogP contribution in [-0.2, 0) is 17.9 Å². The number of rotatable bonds is 6. The Kier molecular flexibility index (Phi) is 7.85. The molecule has 9 nitrogen and oxygen atoms in total. The van der Waals surface area contributed by atoms with Gasteiger partial charge in [0.2, 0.25) is 6.79 Å². The van der Waals surface area contributed by atoms with Crippen LogP contribution in [-0.4, -0.2) is 52.7 Å². The summed E-state index contributed by atoms with van der Waals surface area (Å²) < 4.78 is 26.4. The molecule has 220 valence electrons. The molecule has 2 saturated heterocycles. The van der Waals surface area contributed by atoms with Gasteiger partial charge in [-0.15, -0.1) is 0 Å². The second-order valence-electron chi connectivity index (χ2n) is 10.3. The maximum atomic E-state index is 13.7. The smallest absolute Gasteiger partial charge is 0.270 e. The first-order valence-electron chi connectivity index (χ1n) is 13.9. The monoisotopic (exact) mass is 617 g/mol. The minimum absolute atomic E-state index is 0.0534. The van der Waals surface area contributed by atoms with Gasteiger partial charge in [-0.1, -0.05) is 30.0 Å². The van der Waals surface area contributed by atoms with Crippen molar-refractivity contribution in [3.05, 3.63) is 85.8 Å².